The molecule has 1 aliphatic heterocycles. The molecule has 1 amide bonds. The summed E-state index contributed by atoms with van der Waals surface area (Å²) in [4.78, 5) is 24.4. The Hall–Kier alpha value is -2.93. The highest BCUT2D eigenvalue weighted by Crippen LogP contribution is 2.33. The maximum atomic E-state index is 13.2. The number of aromatic nitrogens is 2. The average Bonchev–Trinajstić information content (AvgIpc) is 2.99. The fourth-order valence-corrected chi connectivity index (χ4v) is 3.61. The lowest BCUT2D eigenvalue weighted by atomic mass is 10.1. The third kappa shape index (κ3) is 3.33. The summed E-state index contributed by atoms with van der Waals surface area (Å²) in [6, 6.07) is 5.94. The van der Waals surface area contributed by atoms with Crippen LogP contribution in [0, 0.1) is 27.7 Å². The van der Waals surface area contributed by atoms with E-state index in [9.17, 15) is 4.79 Å². The monoisotopic (exact) mass is 380 g/mol. The number of hydrogen-bond donors (Lipinski definition) is 1. The summed E-state index contributed by atoms with van der Waals surface area (Å²) < 4.78 is 11.3. The molecule has 28 heavy (non-hydrogen) atoms. The molecule has 0 saturated carbocycles. The third-order valence-electron chi connectivity index (χ3n) is 4.99. The van der Waals surface area contributed by atoms with Gasteiger partial charge in [-0.15, -0.1) is 0 Å². The molecule has 0 spiro atoms. The molecule has 0 aliphatic carbocycles. The van der Waals surface area contributed by atoms with Crippen LogP contribution in [0.5, 0.6) is 0 Å². The Labute approximate surface area is 163 Å². The third-order valence-corrected chi connectivity index (χ3v) is 4.99. The van der Waals surface area contributed by atoms with E-state index in [0.717, 1.165) is 22.6 Å². The Morgan fingerprint density at radius 1 is 1.11 bits per heavy atom. The minimum Gasteiger partial charge on any atom is -0.442 e. The van der Waals surface area contributed by atoms with Crippen LogP contribution in [-0.4, -0.2) is 42.2 Å². The van der Waals surface area contributed by atoms with Crippen LogP contribution in [0.4, 0.5) is 11.5 Å². The van der Waals surface area contributed by atoms with Gasteiger partial charge in [0.1, 0.15) is 17.4 Å². The number of furan rings is 1. The van der Waals surface area contributed by atoms with E-state index < -0.39 is 0 Å². The van der Waals surface area contributed by atoms with Gasteiger partial charge in [-0.2, -0.15) is 4.98 Å². The number of aryl methyl sites for hydroxylation is 4. The smallest absolute Gasteiger partial charge is 0.260 e. The van der Waals surface area contributed by atoms with Crippen LogP contribution in [-0.2, 0) is 4.74 Å². The summed E-state index contributed by atoms with van der Waals surface area (Å²) in [5.74, 6) is 1.66. The molecular weight excluding hydrogens is 356 g/mol. The molecule has 3 heterocycles. The van der Waals surface area contributed by atoms with Crippen molar-refractivity contribution in [1.29, 1.82) is 0 Å². The van der Waals surface area contributed by atoms with Crippen LogP contribution in [0.15, 0.2) is 22.6 Å². The topological polar surface area (TPSA) is 80.5 Å². The average molecular weight is 380 g/mol. The van der Waals surface area contributed by atoms with Crippen LogP contribution in [0.3, 0.4) is 0 Å². The van der Waals surface area contributed by atoms with E-state index in [-0.39, 0.29) is 5.91 Å². The second kappa shape index (κ2) is 7.24. The molecule has 0 radical (unpaired) electrons. The molecule has 7 nitrogen and oxygen atoms in total. The van der Waals surface area contributed by atoms with Crippen LogP contribution in [0.25, 0.3) is 11.1 Å². The highest BCUT2D eigenvalue weighted by Gasteiger charge is 2.27. The van der Waals surface area contributed by atoms with Gasteiger partial charge in [-0.25, -0.2) is 4.98 Å². The van der Waals surface area contributed by atoms with E-state index >= 15 is 0 Å². The summed E-state index contributed by atoms with van der Waals surface area (Å²) in [5, 5.41) is 3.68. The minimum atomic E-state index is -0.217. The summed E-state index contributed by atoms with van der Waals surface area (Å²) in [5.41, 5.74) is 3.87. The van der Waals surface area contributed by atoms with E-state index in [4.69, 9.17) is 9.15 Å². The Kier molecular flexibility index (Phi) is 4.77. The molecule has 146 valence electrons. The van der Waals surface area contributed by atoms with Gasteiger partial charge < -0.3 is 19.4 Å². The van der Waals surface area contributed by atoms with E-state index in [1.807, 2.05) is 39.0 Å². The van der Waals surface area contributed by atoms with Gasteiger partial charge >= 0.3 is 0 Å². The maximum absolute atomic E-state index is 13.2. The number of nitrogens with one attached hydrogen (secondary N) is 1. The molecule has 3 aromatic rings. The number of hydrogen-bond acceptors (Lipinski definition) is 6. The molecule has 1 saturated heterocycles. The Bertz CT molecular complexity index is 1050. The molecule has 1 fully saturated rings. The number of ether oxygens (including phenoxy) is 1. The molecular formula is C21H24N4O3. The second-order valence-corrected chi connectivity index (χ2v) is 7.18. The molecule has 0 unspecified atom stereocenters. The lowest BCUT2D eigenvalue weighted by molar-refractivity contribution is 0.102. The van der Waals surface area contributed by atoms with Crippen molar-refractivity contribution in [3.05, 3.63) is 46.5 Å². The molecule has 1 aromatic carbocycles. The largest absolute Gasteiger partial charge is 0.442 e. The van der Waals surface area contributed by atoms with Crippen molar-refractivity contribution in [2.75, 3.05) is 36.5 Å². The summed E-state index contributed by atoms with van der Waals surface area (Å²) in [7, 11) is 0. The number of morpholine rings is 1. The van der Waals surface area contributed by atoms with Crippen molar-refractivity contribution in [1.82, 2.24) is 9.97 Å². The number of benzene rings is 1. The first kappa shape index (κ1) is 18.4. The maximum Gasteiger partial charge on any atom is 0.260 e. The van der Waals surface area contributed by atoms with E-state index in [2.05, 4.69) is 20.2 Å². The van der Waals surface area contributed by atoms with Gasteiger partial charge in [-0.1, -0.05) is 17.7 Å². The van der Waals surface area contributed by atoms with Gasteiger partial charge in [0.25, 0.3) is 5.91 Å². The first-order chi connectivity index (χ1) is 13.4. The molecule has 1 aliphatic rings. The van der Waals surface area contributed by atoms with Crippen molar-refractivity contribution < 1.29 is 13.9 Å². The minimum absolute atomic E-state index is 0.217. The zero-order valence-corrected chi connectivity index (χ0v) is 16.6. The lowest BCUT2D eigenvalue weighted by Crippen LogP contribution is -2.37. The van der Waals surface area contributed by atoms with Crippen molar-refractivity contribution >= 4 is 28.5 Å². The summed E-state index contributed by atoms with van der Waals surface area (Å²) in [6.07, 6.45) is 0. The van der Waals surface area contributed by atoms with Gasteiger partial charge in [0.15, 0.2) is 0 Å². The second-order valence-electron chi connectivity index (χ2n) is 7.18. The molecule has 7 heteroatoms. The summed E-state index contributed by atoms with van der Waals surface area (Å²) >= 11 is 0. The molecule has 0 bridgehead atoms. The van der Waals surface area contributed by atoms with Crippen LogP contribution < -0.4 is 10.2 Å². The summed E-state index contributed by atoms with van der Waals surface area (Å²) in [6.45, 7) is 10.3. The lowest BCUT2D eigenvalue weighted by Gasteiger charge is -2.28. The normalized spacial score (nSPS) is 14.5. The molecule has 0 atom stereocenters. The quantitative estimate of drug-likeness (QED) is 0.748. The Balaban J connectivity index is 1.79. The highest BCUT2D eigenvalue weighted by molar-refractivity contribution is 6.15. The number of carbonyl (C=O) groups excluding carboxylic acids is 1. The van der Waals surface area contributed by atoms with Crippen LogP contribution in [0.2, 0.25) is 0 Å². The first-order valence-corrected chi connectivity index (χ1v) is 9.43. The van der Waals surface area contributed by atoms with E-state index in [0.29, 0.717) is 54.6 Å². The highest BCUT2D eigenvalue weighted by atomic mass is 16.5. The molecule has 2 aromatic heterocycles. The van der Waals surface area contributed by atoms with Gasteiger partial charge in [0, 0.05) is 18.8 Å². The van der Waals surface area contributed by atoms with Crippen LogP contribution in [0.1, 0.15) is 33.1 Å². The number of fused-ring (bicyclic) bond motifs is 1. The van der Waals surface area contributed by atoms with Gasteiger partial charge in [0.05, 0.1) is 24.2 Å². The zero-order chi connectivity index (χ0) is 19.8. The predicted molar refractivity (Wildman–Crippen MR) is 108 cm³/mol. The fraction of sp³-hybridized carbons (Fsp3) is 0.381. The number of nitrogens with zero attached hydrogens (tertiary/aromatic N) is 3. The van der Waals surface area contributed by atoms with Crippen molar-refractivity contribution in [2.45, 2.75) is 27.7 Å². The van der Waals surface area contributed by atoms with Crippen molar-refractivity contribution in [3.63, 3.8) is 0 Å². The van der Waals surface area contributed by atoms with Crippen molar-refractivity contribution in [2.24, 2.45) is 0 Å². The standard InChI is InChI=1S/C21H24N4O3/c1-12-5-6-16(13(2)11-12)24-20(26)17-14(3)28-21-18(17)19(22-15(4)23-21)25-7-9-27-10-8-25/h5-6,11H,7-10H2,1-4H3,(H,24,26). The molecule has 1 N–H and O–H groups in total. The number of rotatable bonds is 3. The first-order valence-electron chi connectivity index (χ1n) is 9.43. The Morgan fingerprint density at radius 3 is 2.57 bits per heavy atom. The van der Waals surface area contributed by atoms with Crippen molar-refractivity contribution in [3.8, 4) is 0 Å². The van der Waals surface area contributed by atoms with Crippen LogP contribution >= 0.6 is 0 Å². The SMILES string of the molecule is Cc1ccc(NC(=O)c2c(C)oc3nc(C)nc(N4CCOCC4)c23)c(C)c1. The predicted octanol–water partition coefficient (Wildman–Crippen LogP) is 3.55. The van der Waals surface area contributed by atoms with E-state index in [1.165, 1.54) is 0 Å². The van der Waals surface area contributed by atoms with E-state index in [1.54, 1.807) is 6.92 Å². The van der Waals surface area contributed by atoms with Gasteiger partial charge in [0.2, 0.25) is 5.71 Å². The van der Waals surface area contributed by atoms with Gasteiger partial charge in [-0.3, -0.25) is 4.79 Å². The Morgan fingerprint density at radius 2 is 1.86 bits per heavy atom. The molecule has 4 rings (SSSR count). The zero-order valence-electron chi connectivity index (χ0n) is 16.6. The number of anilines is 2. The fourth-order valence-electron chi connectivity index (χ4n) is 3.61. The number of amides is 1. The number of carbonyl (C=O) groups is 1. The van der Waals surface area contributed by atoms with Gasteiger partial charge in [-0.05, 0) is 39.3 Å².